The third-order valence-corrected chi connectivity index (χ3v) is 2.58. The SMILES string of the molecule is Cc1cc(=O)c(C(=O)NCCCC(C)Cl)c[nH]1. The second-order valence-electron chi connectivity index (χ2n) is 4.07. The Bertz CT molecular complexity index is 440. The van der Waals surface area contributed by atoms with E-state index in [1.165, 1.54) is 12.3 Å². The molecule has 0 saturated heterocycles. The van der Waals surface area contributed by atoms with Crippen LogP contribution < -0.4 is 10.7 Å². The first-order valence-corrected chi connectivity index (χ1v) is 6.06. The minimum atomic E-state index is -0.339. The molecule has 0 aliphatic heterocycles. The Balaban J connectivity index is 2.50. The van der Waals surface area contributed by atoms with Gasteiger partial charge in [-0.05, 0) is 26.7 Å². The molecular weight excluding hydrogens is 240 g/mol. The lowest BCUT2D eigenvalue weighted by atomic mass is 10.2. The molecule has 94 valence electrons. The molecule has 1 aromatic rings. The highest BCUT2D eigenvalue weighted by Crippen LogP contribution is 2.02. The molecule has 1 heterocycles. The van der Waals surface area contributed by atoms with Crippen LogP contribution in [0.15, 0.2) is 17.1 Å². The number of amides is 1. The first kappa shape index (κ1) is 13.8. The van der Waals surface area contributed by atoms with Crippen molar-refractivity contribution in [3.63, 3.8) is 0 Å². The fraction of sp³-hybridized carbons (Fsp3) is 0.500. The lowest BCUT2D eigenvalue weighted by Crippen LogP contribution is -2.29. The lowest BCUT2D eigenvalue weighted by Gasteiger charge is -2.05. The van der Waals surface area contributed by atoms with Crippen LogP contribution in [-0.4, -0.2) is 22.8 Å². The van der Waals surface area contributed by atoms with E-state index in [1.54, 1.807) is 6.92 Å². The normalized spacial score (nSPS) is 12.2. The fourth-order valence-corrected chi connectivity index (χ4v) is 1.59. The van der Waals surface area contributed by atoms with Gasteiger partial charge in [0, 0.05) is 29.9 Å². The number of carbonyl (C=O) groups is 1. The molecule has 0 aliphatic carbocycles. The van der Waals surface area contributed by atoms with Crippen molar-refractivity contribution in [1.82, 2.24) is 10.3 Å². The van der Waals surface area contributed by atoms with Crippen LogP contribution in [0.25, 0.3) is 0 Å². The van der Waals surface area contributed by atoms with E-state index in [0.29, 0.717) is 6.54 Å². The zero-order valence-corrected chi connectivity index (χ0v) is 10.8. The number of aryl methyl sites for hydroxylation is 1. The van der Waals surface area contributed by atoms with Gasteiger partial charge < -0.3 is 10.3 Å². The lowest BCUT2D eigenvalue weighted by molar-refractivity contribution is 0.0951. The maximum Gasteiger partial charge on any atom is 0.256 e. The topological polar surface area (TPSA) is 62.0 Å². The van der Waals surface area contributed by atoms with E-state index in [-0.39, 0.29) is 22.3 Å². The summed E-state index contributed by atoms with van der Waals surface area (Å²) in [4.78, 5) is 26.0. The molecule has 1 rings (SSSR count). The van der Waals surface area contributed by atoms with Crippen molar-refractivity contribution in [1.29, 1.82) is 0 Å². The van der Waals surface area contributed by atoms with Gasteiger partial charge >= 0.3 is 0 Å². The van der Waals surface area contributed by atoms with Gasteiger partial charge in [0.05, 0.1) is 0 Å². The minimum absolute atomic E-state index is 0.106. The summed E-state index contributed by atoms with van der Waals surface area (Å²) in [6.45, 7) is 4.21. The van der Waals surface area contributed by atoms with Gasteiger partial charge in [0.1, 0.15) is 5.56 Å². The Morgan fingerprint density at radius 3 is 2.88 bits per heavy atom. The Morgan fingerprint density at radius 1 is 1.59 bits per heavy atom. The van der Waals surface area contributed by atoms with Crippen molar-refractivity contribution >= 4 is 17.5 Å². The molecule has 0 aromatic carbocycles. The zero-order valence-electron chi connectivity index (χ0n) is 10.0. The Labute approximate surface area is 105 Å². The smallest absolute Gasteiger partial charge is 0.256 e. The average Bonchev–Trinajstić information content (AvgIpc) is 2.23. The molecule has 1 atom stereocenters. The summed E-state index contributed by atoms with van der Waals surface area (Å²) >= 11 is 5.79. The van der Waals surface area contributed by atoms with Crippen molar-refractivity contribution in [3.8, 4) is 0 Å². The van der Waals surface area contributed by atoms with E-state index in [1.807, 2.05) is 6.92 Å². The fourth-order valence-electron chi connectivity index (χ4n) is 1.43. The van der Waals surface area contributed by atoms with Gasteiger partial charge in [-0.3, -0.25) is 9.59 Å². The van der Waals surface area contributed by atoms with Gasteiger partial charge in [-0.15, -0.1) is 11.6 Å². The molecule has 0 radical (unpaired) electrons. The predicted molar refractivity (Wildman–Crippen MR) is 68.7 cm³/mol. The molecule has 17 heavy (non-hydrogen) atoms. The highest BCUT2D eigenvalue weighted by Gasteiger charge is 2.09. The zero-order chi connectivity index (χ0) is 12.8. The molecule has 1 amide bonds. The van der Waals surface area contributed by atoms with Crippen molar-refractivity contribution in [2.24, 2.45) is 0 Å². The number of hydrogen-bond acceptors (Lipinski definition) is 2. The van der Waals surface area contributed by atoms with Gasteiger partial charge in [-0.25, -0.2) is 0 Å². The van der Waals surface area contributed by atoms with E-state index in [2.05, 4.69) is 10.3 Å². The van der Waals surface area contributed by atoms with Crippen LogP contribution in [0.5, 0.6) is 0 Å². The Kier molecular flexibility index (Phi) is 5.22. The third kappa shape index (κ3) is 4.61. The number of alkyl halides is 1. The summed E-state index contributed by atoms with van der Waals surface area (Å²) < 4.78 is 0. The van der Waals surface area contributed by atoms with Crippen LogP contribution >= 0.6 is 11.6 Å². The van der Waals surface area contributed by atoms with Crippen LogP contribution in [0.3, 0.4) is 0 Å². The van der Waals surface area contributed by atoms with Crippen molar-refractivity contribution in [2.75, 3.05) is 6.54 Å². The second kappa shape index (κ2) is 6.45. The van der Waals surface area contributed by atoms with Crippen molar-refractivity contribution in [3.05, 3.63) is 33.7 Å². The summed E-state index contributed by atoms with van der Waals surface area (Å²) in [6, 6.07) is 1.41. The van der Waals surface area contributed by atoms with Crippen molar-refractivity contribution < 1.29 is 4.79 Å². The second-order valence-corrected chi connectivity index (χ2v) is 4.82. The van der Waals surface area contributed by atoms with E-state index < -0.39 is 0 Å². The van der Waals surface area contributed by atoms with Crippen LogP contribution in [-0.2, 0) is 0 Å². The first-order chi connectivity index (χ1) is 8.00. The molecule has 0 fully saturated rings. The number of halogens is 1. The quantitative estimate of drug-likeness (QED) is 0.624. The number of hydrogen-bond donors (Lipinski definition) is 2. The number of H-pyrrole nitrogens is 1. The van der Waals surface area contributed by atoms with Gasteiger partial charge in [-0.2, -0.15) is 0 Å². The van der Waals surface area contributed by atoms with Gasteiger partial charge in [0.2, 0.25) is 0 Å². The largest absolute Gasteiger partial charge is 0.364 e. The van der Waals surface area contributed by atoms with Crippen LogP contribution in [0.4, 0.5) is 0 Å². The summed E-state index contributed by atoms with van der Waals surface area (Å²) in [5.74, 6) is -0.339. The molecule has 0 saturated carbocycles. The number of aromatic nitrogens is 1. The summed E-state index contributed by atoms with van der Waals surface area (Å²) in [5, 5.41) is 2.80. The van der Waals surface area contributed by atoms with E-state index in [9.17, 15) is 9.59 Å². The average molecular weight is 257 g/mol. The van der Waals surface area contributed by atoms with E-state index in [4.69, 9.17) is 11.6 Å². The van der Waals surface area contributed by atoms with Gasteiger partial charge in [-0.1, -0.05) is 0 Å². The Hall–Kier alpha value is -1.29. The molecule has 5 heteroatoms. The van der Waals surface area contributed by atoms with Gasteiger partial charge in [0.25, 0.3) is 5.91 Å². The van der Waals surface area contributed by atoms with Gasteiger partial charge in [0.15, 0.2) is 5.43 Å². The third-order valence-electron chi connectivity index (χ3n) is 2.37. The number of aromatic amines is 1. The summed E-state index contributed by atoms with van der Waals surface area (Å²) in [7, 11) is 0. The van der Waals surface area contributed by atoms with E-state index in [0.717, 1.165) is 18.5 Å². The monoisotopic (exact) mass is 256 g/mol. The van der Waals surface area contributed by atoms with Crippen LogP contribution in [0, 0.1) is 6.92 Å². The highest BCUT2D eigenvalue weighted by molar-refractivity contribution is 6.20. The van der Waals surface area contributed by atoms with E-state index >= 15 is 0 Å². The maximum atomic E-state index is 11.7. The predicted octanol–water partition coefficient (Wildman–Crippen LogP) is 1.82. The number of carbonyl (C=O) groups excluding carboxylic acids is 1. The number of pyridine rings is 1. The van der Waals surface area contributed by atoms with Crippen LogP contribution in [0.1, 0.15) is 35.8 Å². The maximum absolute atomic E-state index is 11.7. The first-order valence-electron chi connectivity index (χ1n) is 5.62. The number of nitrogens with one attached hydrogen (secondary N) is 2. The highest BCUT2D eigenvalue weighted by atomic mass is 35.5. The Morgan fingerprint density at radius 2 is 2.29 bits per heavy atom. The molecule has 0 spiro atoms. The molecular formula is C12H17ClN2O2. The summed E-state index contributed by atoms with van der Waals surface area (Å²) in [5.41, 5.74) is 0.626. The molecule has 0 bridgehead atoms. The number of rotatable bonds is 5. The molecule has 1 aromatic heterocycles. The molecule has 0 aliphatic rings. The summed E-state index contributed by atoms with van der Waals surface area (Å²) in [6.07, 6.45) is 3.09. The molecule has 4 nitrogen and oxygen atoms in total. The molecule has 2 N–H and O–H groups in total. The van der Waals surface area contributed by atoms with Crippen molar-refractivity contribution in [2.45, 2.75) is 32.1 Å². The minimum Gasteiger partial charge on any atom is -0.364 e. The standard InChI is InChI=1S/C12H17ClN2O2/c1-8(13)4-3-5-14-12(17)10-7-15-9(2)6-11(10)16/h6-8H,3-5H2,1-2H3,(H,14,17)(H,15,16). The van der Waals surface area contributed by atoms with Crippen LogP contribution in [0.2, 0.25) is 0 Å². The molecule has 1 unspecified atom stereocenters.